The van der Waals surface area contributed by atoms with Crippen LogP contribution >= 0.6 is 23.5 Å². The van der Waals surface area contributed by atoms with Crippen molar-refractivity contribution in [3.05, 3.63) is 42.7 Å². The summed E-state index contributed by atoms with van der Waals surface area (Å²) in [5.41, 5.74) is 5.84. The SMILES string of the molecule is CCn1c(SCC(=O)Nc2ccccc2SCC(N)=O)nnc1-c1ccco1. The molecule has 8 nitrogen and oxygen atoms in total. The smallest absolute Gasteiger partial charge is 0.234 e. The summed E-state index contributed by atoms with van der Waals surface area (Å²) in [7, 11) is 0. The summed E-state index contributed by atoms with van der Waals surface area (Å²) in [5.74, 6) is 0.993. The molecule has 0 aliphatic rings. The van der Waals surface area contributed by atoms with Gasteiger partial charge in [0.1, 0.15) is 0 Å². The fourth-order valence-corrected chi connectivity index (χ4v) is 3.98. The molecule has 0 unspecified atom stereocenters. The second-order valence-corrected chi connectivity index (χ2v) is 7.58. The summed E-state index contributed by atoms with van der Waals surface area (Å²) in [5, 5.41) is 11.8. The number of para-hydroxylation sites is 1. The molecular formula is C18H19N5O3S2. The summed E-state index contributed by atoms with van der Waals surface area (Å²) in [6.07, 6.45) is 1.58. The van der Waals surface area contributed by atoms with E-state index >= 15 is 0 Å². The van der Waals surface area contributed by atoms with Crippen molar-refractivity contribution in [2.24, 2.45) is 5.73 Å². The van der Waals surface area contributed by atoms with E-state index in [9.17, 15) is 9.59 Å². The van der Waals surface area contributed by atoms with Crippen molar-refractivity contribution < 1.29 is 14.0 Å². The highest BCUT2D eigenvalue weighted by Crippen LogP contribution is 2.28. The lowest BCUT2D eigenvalue weighted by atomic mass is 10.3. The highest BCUT2D eigenvalue weighted by molar-refractivity contribution is 8.00. The van der Waals surface area contributed by atoms with E-state index in [4.69, 9.17) is 10.2 Å². The van der Waals surface area contributed by atoms with Crippen LogP contribution in [0.4, 0.5) is 5.69 Å². The molecule has 3 N–H and O–H groups in total. The lowest BCUT2D eigenvalue weighted by Gasteiger charge is -2.10. The molecule has 2 heterocycles. The van der Waals surface area contributed by atoms with Crippen LogP contribution in [0.25, 0.3) is 11.6 Å². The van der Waals surface area contributed by atoms with Crippen LogP contribution in [0, 0.1) is 0 Å². The van der Waals surface area contributed by atoms with Gasteiger partial charge in [-0.2, -0.15) is 0 Å². The lowest BCUT2D eigenvalue weighted by Crippen LogP contribution is -2.16. The third-order valence-corrected chi connectivity index (χ3v) is 5.70. The Morgan fingerprint density at radius 2 is 1.96 bits per heavy atom. The molecule has 1 aromatic carbocycles. The number of nitrogens with one attached hydrogen (secondary N) is 1. The molecule has 0 saturated carbocycles. The molecule has 0 saturated heterocycles. The molecule has 0 radical (unpaired) electrons. The fraction of sp³-hybridized carbons (Fsp3) is 0.222. The second-order valence-electron chi connectivity index (χ2n) is 5.62. The number of hydrogen-bond donors (Lipinski definition) is 2. The van der Waals surface area contributed by atoms with Crippen LogP contribution < -0.4 is 11.1 Å². The van der Waals surface area contributed by atoms with Gasteiger partial charge in [-0.1, -0.05) is 23.9 Å². The zero-order valence-electron chi connectivity index (χ0n) is 15.1. The molecule has 3 rings (SSSR count). The number of anilines is 1. The summed E-state index contributed by atoms with van der Waals surface area (Å²) in [6.45, 7) is 2.63. The van der Waals surface area contributed by atoms with Gasteiger partial charge in [0.25, 0.3) is 0 Å². The molecule has 0 aliphatic heterocycles. The third-order valence-electron chi connectivity index (χ3n) is 3.64. The molecule has 0 bridgehead atoms. The van der Waals surface area contributed by atoms with Crippen LogP contribution in [-0.4, -0.2) is 38.1 Å². The molecule has 2 amide bonds. The number of hydrogen-bond acceptors (Lipinski definition) is 7. The first-order chi connectivity index (χ1) is 13.6. The van der Waals surface area contributed by atoms with Gasteiger partial charge in [-0.15, -0.1) is 22.0 Å². The van der Waals surface area contributed by atoms with Crippen molar-refractivity contribution in [2.75, 3.05) is 16.8 Å². The number of carbonyl (C=O) groups excluding carboxylic acids is 2. The van der Waals surface area contributed by atoms with Crippen molar-refractivity contribution in [3.63, 3.8) is 0 Å². The monoisotopic (exact) mass is 417 g/mol. The van der Waals surface area contributed by atoms with Crippen LogP contribution in [0.15, 0.2) is 57.1 Å². The molecule has 146 valence electrons. The minimum absolute atomic E-state index is 0.150. The number of carbonyl (C=O) groups is 2. The molecule has 0 aliphatic carbocycles. The third kappa shape index (κ3) is 4.96. The Morgan fingerprint density at radius 3 is 2.68 bits per heavy atom. The first-order valence-electron chi connectivity index (χ1n) is 8.48. The number of benzene rings is 1. The van der Waals surface area contributed by atoms with Gasteiger partial charge < -0.3 is 15.5 Å². The van der Waals surface area contributed by atoms with Crippen molar-refractivity contribution in [1.29, 1.82) is 0 Å². The van der Waals surface area contributed by atoms with Gasteiger partial charge in [0.05, 0.1) is 23.5 Å². The molecule has 0 spiro atoms. The molecule has 0 atom stereocenters. The maximum atomic E-state index is 12.4. The molecule has 10 heteroatoms. The summed E-state index contributed by atoms with van der Waals surface area (Å²) >= 11 is 2.58. The zero-order valence-corrected chi connectivity index (χ0v) is 16.8. The number of thioether (sulfide) groups is 2. The normalized spacial score (nSPS) is 10.8. The standard InChI is InChI=1S/C18H19N5O3S2/c1-2-23-17(13-7-5-9-26-13)21-22-18(23)28-11-16(25)20-12-6-3-4-8-14(12)27-10-15(19)24/h3-9H,2,10-11H2,1H3,(H2,19,24)(H,20,25). The van der Waals surface area contributed by atoms with Crippen LogP contribution in [0.1, 0.15) is 6.92 Å². The van der Waals surface area contributed by atoms with Crippen molar-refractivity contribution in [3.8, 4) is 11.6 Å². The van der Waals surface area contributed by atoms with Gasteiger partial charge in [-0.25, -0.2) is 0 Å². The van der Waals surface area contributed by atoms with E-state index in [1.165, 1.54) is 23.5 Å². The van der Waals surface area contributed by atoms with E-state index in [0.717, 1.165) is 4.90 Å². The van der Waals surface area contributed by atoms with E-state index in [2.05, 4.69) is 15.5 Å². The highest BCUT2D eigenvalue weighted by Gasteiger charge is 2.16. The van der Waals surface area contributed by atoms with E-state index in [-0.39, 0.29) is 17.4 Å². The maximum absolute atomic E-state index is 12.4. The van der Waals surface area contributed by atoms with Gasteiger partial charge >= 0.3 is 0 Å². The number of aromatic nitrogens is 3. The molecular weight excluding hydrogens is 398 g/mol. The van der Waals surface area contributed by atoms with E-state index in [1.807, 2.05) is 35.8 Å². The highest BCUT2D eigenvalue weighted by atomic mass is 32.2. The average molecular weight is 418 g/mol. The molecule has 2 aromatic heterocycles. The number of nitrogens with two attached hydrogens (primary N) is 1. The Morgan fingerprint density at radius 1 is 1.14 bits per heavy atom. The van der Waals surface area contributed by atoms with Crippen LogP contribution in [0.5, 0.6) is 0 Å². The Kier molecular flexibility index (Phi) is 6.77. The van der Waals surface area contributed by atoms with Crippen LogP contribution in [0.3, 0.4) is 0 Å². The van der Waals surface area contributed by atoms with E-state index in [0.29, 0.717) is 29.0 Å². The summed E-state index contributed by atoms with van der Waals surface area (Å²) in [4.78, 5) is 24.2. The Hall–Kier alpha value is -2.72. The Labute approximate surface area is 170 Å². The minimum atomic E-state index is -0.409. The number of rotatable bonds is 9. The Bertz CT molecular complexity index is 956. The van der Waals surface area contributed by atoms with E-state index in [1.54, 1.807) is 18.4 Å². The predicted molar refractivity (Wildman–Crippen MR) is 109 cm³/mol. The summed E-state index contributed by atoms with van der Waals surface area (Å²) < 4.78 is 7.28. The van der Waals surface area contributed by atoms with Crippen LogP contribution in [0.2, 0.25) is 0 Å². The van der Waals surface area contributed by atoms with Crippen LogP contribution in [-0.2, 0) is 16.1 Å². The fourth-order valence-electron chi connectivity index (χ4n) is 2.43. The summed E-state index contributed by atoms with van der Waals surface area (Å²) in [6, 6.07) is 10.9. The lowest BCUT2D eigenvalue weighted by molar-refractivity contribution is -0.115. The predicted octanol–water partition coefficient (Wildman–Crippen LogP) is 2.87. The zero-order chi connectivity index (χ0) is 19.9. The maximum Gasteiger partial charge on any atom is 0.234 e. The average Bonchev–Trinajstić information content (AvgIpc) is 3.34. The van der Waals surface area contributed by atoms with Crippen molar-refractivity contribution >= 4 is 41.0 Å². The van der Waals surface area contributed by atoms with Gasteiger partial charge in [0.15, 0.2) is 16.7 Å². The van der Waals surface area contributed by atoms with Gasteiger partial charge in [-0.05, 0) is 31.2 Å². The number of amides is 2. The molecule has 28 heavy (non-hydrogen) atoms. The minimum Gasteiger partial charge on any atom is -0.461 e. The number of primary amides is 1. The first-order valence-corrected chi connectivity index (χ1v) is 10.5. The molecule has 3 aromatic rings. The van der Waals surface area contributed by atoms with Gasteiger partial charge in [-0.3, -0.25) is 14.2 Å². The number of nitrogens with zero attached hydrogens (tertiary/aromatic N) is 3. The van der Waals surface area contributed by atoms with Gasteiger partial charge in [0, 0.05) is 11.4 Å². The largest absolute Gasteiger partial charge is 0.461 e. The Balaban J connectivity index is 1.63. The second kappa shape index (κ2) is 9.47. The number of furan rings is 1. The van der Waals surface area contributed by atoms with E-state index < -0.39 is 5.91 Å². The first kappa shape index (κ1) is 20.0. The quantitative estimate of drug-likeness (QED) is 0.514. The van der Waals surface area contributed by atoms with Crippen molar-refractivity contribution in [2.45, 2.75) is 23.5 Å². The van der Waals surface area contributed by atoms with Crippen molar-refractivity contribution in [1.82, 2.24) is 14.8 Å². The molecule has 0 fully saturated rings. The topological polar surface area (TPSA) is 116 Å². The van der Waals surface area contributed by atoms with Gasteiger partial charge in [0.2, 0.25) is 11.8 Å².